The number of hydrogen-bond acceptors (Lipinski definition) is 1. The third-order valence-corrected chi connectivity index (χ3v) is 2.30. The number of nitrogens with zero attached hydrogens (tertiary/aromatic N) is 1. The van der Waals surface area contributed by atoms with E-state index < -0.39 is 0 Å². The summed E-state index contributed by atoms with van der Waals surface area (Å²) in [5, 5.41) is 0. The minimum Gasteiger partial charge on any atom is -0.339 e. The van der Waals surface area contributed by atoms with E-state index in [2.05, 4.69) is 0 Å². The van der Waals surface area contributed by atoms with Crippen molar-refractivity contribution in [2.75, 3.05) is 13.1 Å². The summed E-state index contributed by atoms with van der Waals surface area (Å²) in [5.41, 5.74) is 1.43. The fraction of sp³-hybridized carbons (Fsp3) is 0.300. The summed E-state index contributed by atoms with van der Waals surface area (Å²) in [7, 11) is 5.52. The van der Waals surface area contributed by atoms with Gasteiger partial charge in [0, 0.05) is 18.7 Å². The Balaban J connectivity index is 2.15. The van der Waals surface area contributed by atoms with Crippen LogP contribution in [0.1, 0.15) is 16.8 Å². The minimum absolute atomic E-state index is 0.117. The third kappa shape index (κ3) is 1.59. The molecule has 1 fully saturated rings. The van der Waals surface area contributed by atoms with Crippen molar-refractivity contribution in [3.63, 3.8) is 0 Å². The predicted octanol–water partition coefficient (Wildman–Crippen LogP) is 0.326. The van der Waals surface area contributed by atoms with Gasteiger partial charge in [0.2, 0.25) is 0 Å². The van der Waals surface area contributed by atoms with Gasteiger partial charge in [0.25, 0.3) is 5.91 Å². The normalized spacial score (nSPS) is 15.2. The third-order valence-electron chi connectivity index (χ3n) is 2.30. The molecule has 0 unspecified atom stereocenters. The number of amides is 1. The minimum atomic E-state index is 0.117. The van der Waals surface area contributed by atoms with E-state index in [9.17, 15) is 4.79 Å². The van der Waals surface area contributed by atoms with E-state index in [1.807, 2.05) is 4.90 Å². The second-order valence-electron chi connectivity index (χ2n) is 3.27. The van der Waals surface area contributed by atoms with Gasteiger partial charge >= 0.3 is 0 Å². The molecule has 0 spiro atoms. The van der Waals surface area contributed by atoms with E-state index >= 15 is 0 Å². The number of carbonyl (C=O) groups is 1. The molecule has 13 heavy (non-hydrogen) atoms. The Labute approximate surface area is 79.0 Å². The molecular formula is C10H10BNO. The topological polar surface area (TPSA) is 20.3 Å². The number of rotatable bonds is 1. The fourth-order valence-corrected chi connectivity index (χ4v) is 1.33. The van der Waals surface area contributed by atoms with Gasteiger partial charge in [-0.15, -0.1) is 0 Å². The van der Waals surface area contributed by atoms with E-state index in [0.717, 1.165) is 25.1 Å². The van der Waals surface area contributed by atoms with E-state index in [-0.39, 0.29) is 5.91 Å². The van der Waals surface area contributed by atoms with Crippen molar-refractivity contribution in [1.29, 1.82) is 0 Å². The van der Waals surface area contributed by atoms with E-state index in [4.69, 9.17) is 7.85 Å². The molecule has 0 bridgehead atoms. The molecule has 2 nitrogen and oxygen atoms in total. The lowest BCUT2D eigenvalue weighted by Crippen LogP contribution is -2.42. The highest BCUT2D eigenvalue weighted by atomic mass is 16.2. The summed E-state index contributed by atoms with van der Waals surface area (Å²) in [6.45, 7) is 1.78. The molecule has 1 saturated heterocycles. The van der Waals surface area contributed by atoms with Gasteiger partial charge in [0.05, 0.1) is 0 Å². The summed E-state index contributed by atoms with van der Waals surface area (Å²) in [4.78, 5) is 13.5. The van der Waals surface area contributed by atoms with E-state index in [1.54, 1.807) is 24.3 Å². The molecule has 3 heteroatoms. The first-order valence-corrected chi connectivity index (χ1v) is 4.42. The van der Waals surface area contributed by atoms with Crippen LogP contribution in [0.5, 0.6) is 0 Å². The zero-order chi connectivity index (χ0) is 9.26. The molecule has 1 amide bonds. The average Bonchev–Trinajstić information content (AvgIpc) is 2.02. The molecule has 0 N–H and O–H groups in total. The number of likely N-dealkylation sites (tertiary alicyclic amines) is 1. The summed E-state index contributed by atoms with van der Waals surface area (Å²) in [5.74, 6) is 0.117. The van der Waals surface area contributed by atoms with Crippen LogP contribution in [-0.2, 0) is 0 Å². The van der Waals surface area contributed by atoms with Gasteiger partial charge < -0.3 is 4.90 Å². The number of carbonyl (C=O) groups excluding carboxylic acids is 1. The maximum absolute atomic E-state index is 11.6. The first-order valence-electron chi connectivity index (χ1n) is 4.42. The van der Waals surface area contributed by atoms with Gasteiger partial charge in [0.1, 0.15) is 7.85 Å². The van der Waals surface area contributed by atoms with Crippen LogP contribution >= 0.6 is 0 Å². The SMILES string of the molecule is [B]c1ccc(C(=O)N2CCC2)cc1. The standard InChI is InChI=1S/C10H10BNO/c11-9-4-2-8(3-5-9)10(13)12-6-1-7-12/h2-5H,1,6-7H2. The van der Waals surface area contributed by atoms with Crippen LogP contribution in [0.3, 0.4) is 0 Å². The molecule has 0 saturated carbocycles. The fourth-order valence-electron chi connectivity index (χ4n) is 1.33. The van der Waals surface area contributed by atoms with E-state index in [0.29, 0.717) is 5.46 Å². The van der Waals surface area contributed by atoms with Crippen LogP contribution in [0, 0.1) is 0 Å². The van der Waals surface area contributed by atoms with Gasteiger partial charge in [-0.25, -0.2) is 0 Å². The molecule has 0 atom stereocenters. The Bertz CT molecular complexity index is 316. The van der Waals surface area contributed by atoms with Crippen molar-refractivity contribution in [2.45, 2.75) is 6.42 Å². The molecule has 1 aromatic carbocycles. The molecule has 1 aliphatic heterocycles. The summed E-state index contributed by atoms with van der Waals surface area (Å²) >= 11 is 0. The Hall–Kier alpha value is -1.25. The first-order chi connectivity index (χ1) is 6.27. The second kappa shape index (κ2) is 3.25. The molecular weight excluding hydrogens is 161 g/mol. The Kier molecular flexibility index (Phi) is 2.09. The lowest BCUT2D eigenvalue weighted by Gasteiger charge is -2.30. The molecule has 2 radical (unpaired) electrons. The van der Waals surface area contributed by atoms with Crippen molar-refractivity contribution in [1.82, 2.24) is 4.90 Å². The quantitative estimate of drug-likeness (QED) is 0.557. The number of benzene rings is 1. The highest BCUT2D eigenvalue weighted by Crippen LogP contribution is 2.11. The largest absolute Gasteiger partial charge is 0.339 e. The number of hydrogen-bond donors (Lipinski definition) is 0. The Morgan fingerprint density at radius 2 is 1.85 bits per heavy atom. The van der Waals surface area contributed by atoms with Crippen molar-refractivity contribution < 1.29 is 4.79 Å². The van der Waals surface area contributed by atoms with Crippen LogP contribution in [0.2, 0.25) is 0 Å². The van der Waals surface area contributed by atoms with Crippen LogP contribution in [0.4, 0.5) is 0 Å². The lowest BCUT2D eigenvalue weighted by molar-refractivity contribution is 0.0652. The van der Waals surface area contributed by atoms with Crippen molar-refractivity contribution in [2.24, 2.45) is 0 Å². The van der Waals surface area contributed by atoms with Gasteiger partial charge in [-0.05, 0) is 6.42 Å². The van der Waals surface area contributed by atoms with Crippen molar-refractivity contribution in [3.8, 4) is 0 Å². The molecule has 64 valence electrons. The first kappa shape index (κ1) is 8.36. The van der Waals surface area contributed by atoms with Gasteiger partial charge in [-0.3, -0.25) is 4.79 Å². The molecule has 2 rings (SSSR count). The smallest absolute Gasteiger partial charge is 0.253 e. The van der Waals surface area contributed by atoms with Crippen LogP contribution < -0.4 is 5.46 Å². The highest BCUT2D eigenvalue weighted by molar-refractivity contribution is 6.32. The zero-order valence-electron chi connectivity index (χ0n) is 7.36. The van der Waals surface area contributed by atoms with Crippen LogP contribution in [0.25, 0.3) is 0 Å². The summed E-state index contributed by atoms with van der Waals surface area (Å²) in [6.07, 6.45) is 1.13. The van der Waals surface area contributed by atoms with Crippen LogP contribution in [-0.4, -0.2) is 31.7 Å². The average molecular weight is 171 g/mol. The van der Waals surface area contributed by atoms with Gasteiger partial charge in [0.15, 0.2) is 0 Å². The van der Waals surface area contributed by atoms with Crippen LogP contribution in [0.15, 0.2) is 24.3 Å². The van der Waals surface area contributed by atoms with Gasteiger partial charge in [-0.1, -0.05) is 29.7 Å². The highest BCUT2D eigenvalue weighted by Gasteiger charge is 2.20. The molecule has 1 aromatic rings. The maximum Gasteiger partial charge on any atom is 0.253 e. The summed E-state index contributed by atoms with van der Waals surface area (Å²) in [6, 6.07) is 7.06. The van der Waals surface area contributed by atoms with Gasteiger partial charge in [-0.2, -0.15) is 0 Å². The maximum atomic E-state index is 11.6. The zero-order valence-corrected chi connectivity index (χ0v) is 7.36. The Morgan fingerprint density at radius 1 is 1.23 bits per heavy atom. The molecule has 0 aliphatic carbocycles. The molecule has 0 aromatic heterocycles. The molecule has 1 aliphatic rings. The van der Waals surface area contributed by atoms with Crippen molar-refractivity contribution >= 4 is 19.2 Å². The van der Waals surface area contributed by atoms with Crippen molar-refractivity contribution in [3.05, 3.63) is 29.8 Å². The van der Waals surface area contributed by atoms with E-state index in [1.165, 1.54) is 0 Å². The monoisotopic (exact) mass is 171 g/mol. The second-order valence-corrected chi connectivity index (χ2v) is 3.27. The predicted molar refractivity (Wildman–Crippen MR) is 52.4 cm³/mol. The lowest BCUT2D eigenvalue weighted by atomic mass is 9.95. The Morgan fingerprint density at radius 3 is 2.31 bits per heavy atom. The molecule has 1 heterocycles. The summed E-state index contributed by atoms with van der Waals surface area (Å²) < 4.78 is 0.